The lowest BCUT2D eigenvalue weighted by Gasteiger charge is -2.08. The quantitative estimate of drug-likeness (QED) is 0.930. The summed E-state index contributed by atoms with van der Waals surface area (Å²) in [5.41, 5.74) is 1.87. The number of hydrogen-bond donors (Lipinski definition) is 1. The minimum atomic E-state index is -0.195. The van der Waals surface area contributed by atoms with Crippen molar-refractivity contribution < 1.29 is 4.79 Å². The van der Waals surface area contributed by atoms with E-state index in [-0.39, 0.29) is 12.3 Å². The fourth-order valence-electron chi connectivity index (χ4n) is 1.68. The number of anilines is 1. The molecular formula is C15H10Cl2N2O. The zero-order chi connectivity index (χ0) is 14.5. The van der Waals surface area contributed by atoms with Crippen molar-refractivity contribution in [3.05, 3.63) is 63.6 Å². The van der Waals surface area contributed by atoms with E-state index >= 15 is 0 Å². The summed E-state index contributed by atoms with van der Waals surface area (Å²) in [7, 11) is 0. The fourth-order valence-corrected chi connectivity index (χ4v) is 2.03. The SMILES string of the molecule is N#Cc1ccc(CC(=O)Nc2cccc(Cl)c2Cl)cc1. The monoisotopic (exact) mass is 304 g/mol. The number of benzene rings is 2. The number of nitriles is 1. The van der Waals surface area contributed by atoms with Gasteiger partial charge in [-0.25, -0.2) is 0 Å². The van der Waals surface area contributed by atoms with Crippen molar-refractivity contribution in [2.24, 2.45) is 0 Å². The van der Waals surface area contributed by atoms with Crippen LogP contribution >= 0.6 is 23.2 Å². The Kier molecular flexibility index (Phi) is 4.62. The van der Waals surface area contributed by atoms with Crippen LogP contribution in [0.4, 0.5) is 5.69 Å². The number of nitrogens with zero attached hydrogens (tertiary/aromatic N) is 1. The number of carbonyl (C=O) groups excluding carboxylic acids is 1. The number of carbonyl (C=O) groups is 1. The molecule has 0 atom stereocenters. The van der Waals surface area contributed by atoms with Crippen molar-refractivity contribution >= 4 is 34.8 Å². The van der Waals surface area contributed by atoms with Gasteiger partial charge in [0.15, 0.2) is 0 Å². The molecular weight excluding hydrogens is 295 g/mol. The maximum Gasteiger partial charge on any atom is 0.228 e. The van der Waals surface area contributed by atoms with Gasteiger partial charge in [0, 0.05) is 0 Å². The van der Waals surface area contributed by atoms with E-state index in [0.29, 0.717) is 21.3 Å². The van der Waals surface area contributed by atoms with Crippen LogP contribution in [0.3, 0.4) is 0 Å². The van der Waals surface area contributed by atoms with Gasteiger partial charge < -0.3 is 5.32 Å². The number of hydrogen-bond acceptors (Lipinski definition) is 2. The van der Waals surface area contributed by atoms with Crippen molar-refractivity contribution in [1.82, 2.24) is 0 Å². The van der Waals surface area contributed by atoms with E-state index in [4.69, 9.17) is 28.5 Å². The lowest BCUT2D eigenvalue weighted by atomic mass is 10.1. The van der Waals surface area contributed by atoms with Gasteiger partial charge in [0.05, 0.1) is 33.8 Å². The minimum absolute atomic E-state index is 0.195. The molecule has 20 heavy (non-hydrogen) atoms. The van der Waals surface area contributed by atoms with E-state index in [9.17, 15) is 4.79 Å². The van der Waals surface area contributed by atoms with Gasteiger partial charge in [-0.2, -0.15) is 5.26 Å². The summed E-state index contributed by atoms with van der Waals surface area (Å²) in [4.78, 5) is 11.9. The first-order valence-corrected chi connectivity index (χ1v) is 6.58. The number of amides is 1. The van der Waals surface area contributed by atoms with Crippen LogP contribution < -0.4 is 5.32 Å². The predicted octanol–water partition coefficient (Wildman–Crippen LogP) is 4.05. The zero-order valence-electron chi connectivity index (χ0n) is 10.4. The molecule has 0 saturated heterocycles. The smallest absolute Gasteiger partial charge is 0.228 e. The van der Waals surface area contributed by atoms with Crippen LogP contribution in [0.25, 0.3) is 0 Å². The number of nitrogens with one attached hydrogen (secondary N) is 1. The first-order valence-electron chi connectivity index (χ1n) is 5.83. The van der Waals surface area contributed by atoms with Gasteiger partial charge in [-0.1, -0.05) is 41.4 Å². The van der Waals surface area contributed by atoms with Crippen LogP contribution in [0.1, 0.15) is 11.1 Å². The van der Waals surface area contributed by atoms with E-state index in [1.807, 2.05) is 6.07 Å². The van der Waals surface area contributed by atoms with Crippen molar-refractivity contribution in [3.63, 3.8) is 0 Å². The maximum absolute atomic E-state index is 11.9. The van der Waals surface area contributed by atoms with E-state index in [1.165, 1.54) is 0 Å². The molecule has 1 N–H and O–H groups in total. The summed E-state index contributed by atoms with van der Waals surface area (Å²) in [6.45, 7) is 0. The summed E-state index contributed by atoms with van der Waals surface area (Å²) < 4.78 is 0. The molecule has 0 aromatic heterocycles. The first kappa shape index (κ1) is 14.4. The van der Waals surface area contributed by atoms with Crippen LogP contribution in [0.5, 0.6) is 0 Å². The molecule has 0 heterocycles. The summed E-state index contributed by atoms with van der Waals surface area (Å²) in [6.07, 6.45) is 0.203. The van der Waals surface area contributed by atoms with E-state index in [0.717, 1.165) is 5.56 Å². The third-order valence-corrected chi connectivity index (χ3v) is 3.49. The molecule has 0 radical (unpaired) electrons. The van der Waals surface area contributed by atoms with Crippen LogP contribution in [0.15, 0.2) is 42.5 Å². The molecule has 0 aliphatic carbocycles. The van der Waals surface area contributed by atoms with Crippen LogP contribution in [-0.4, -0.2) is 5.91 Å². The molecule has 5 heteroatoms. The molecule has 100 valence electrons. The molecule has 0 saturated carbocycles. The van der Waals surface area contributed by atoms with Gasteiger partial charge in [0.2, 0.25) is 5.91 Å². The van der Waals surface area contributed by atoms with Crippen LogP contribution in [0.2, 0.25) is 10.0 Å². The number of halogens is 2. The highest BCUT2D eigenvalue weighted by Gasteiger charge is 2.09. The molecule has 0 fully saturated rings. The molecule has 2 aromatic rings. The van der Waals surface area contributed by atoms with Crippen molar-refractivity contribution in [2.45, 2.75) is 6.42 Å². The van der Waals surface area contributed by atoms with E-state index < -0.39 is 0 Å². The van der Waals surface area contributed by atoms with Crippen LogP contribution in [0, 0.1) is 11.3 Å². The summed E-state index contributed by atoms with van der Waals surface area (Å²) in [6, 6.07) is 13.9. The van der Waals surface area contributed by atoms with Gasteiger partial charge in [0.25, 0.3) is 0 Å². The molecule has 0 aliphatic rings. The largest absolute Gasteiger partial charge is 0.324 e. The average Bonchev–Trinajstić information content (AvgIpc) is 2.45. The third-order valence-electron chi connectivity index (χ3n) is 2.67. The highest BCUT2D eigenvalue weighted by Crippen LogP contribution is 2.29. The first-order chi connectivity index (χ1) is 9.60. The maximum atomic E-state index is 11.9. The van der Waals surface area contributed by atoms with E-state index in [1.54, 1.807) is 42.5 Å². The Morgan fingerprint density at radius 1 is 1.15 bits per heavy atom. The molecule has 0 unspecified atom stereocenters. The van der Waals surface area contributed by atoms with Gasteiger partial charge in [-0.15, -0.1) is 0 Å². The minimum Gasteiger partial charge on any atom is -0.324 e. The van der Waals surface area contributed by atoms with Crippen molar-refractivity contribution in [1.29, 1.82) is 5.26 Å². The molecule has 2 aromatic carbocycles. The Morgan fingerprint density at radius 3 is 2.50 bits per heavy atom. The Morgan fingerprint density at radius 2 is 1.85 bits per heavy atom. The summed E-state index contributed by atoms with van der Waals surface area (Å²) >= 11 is 11.9. The molecule has 0 bridgehead atoms. The highest BCUT2D eigenvalue weighted by atomic mass is 35.5. The Bertz CT molecular complexity index is 675. The third kappa shape index (κ3) is 3.51. The van der Waals surface area contributed by atoms with Gasteiger partial charge >= 0.3 is 0 Å². The molecule has 1 amide bonds. The van der Waals surface area contributed by atoms with E-state index in [2.05, 4.69) is 5.32 Å². The predicted molar refractivity (Wildman–Crippen MR) is 80.0 cm³/mol. The lowest BCUT2D eigenvalue weighted by Crippen LogP contribution is -2.14. The molecule has 2 rings (SSSR count). The van der Waals surface area contributed by atoms with Crippen molar-refractivity contribution in [3.8, 4) is 6.07 Å². The van der Waals surface area contributed by atoms with Gasteiger partial charge in [-0.3, -0.25) is 4.79 Å². The highest BCUT2D eigenvalue weighted by molar-refractivity contribution is 6.43. The van der Waals surface area contributed by atoms with Crippen LogP contribution in [-0.2, 0) is 11.2 Å². The standard InChI is InChI=1S/C15H10Cl2N2O/c16-12-2-1-3-13(15(12)17)19-14(20)8-10-4-6-11(9-18)7-5-10/h1-7H,8H2,(H,19,20). The van der Waals surface area contributed by atoms with Crippen molar-refractivity contribution in [2.75, 3.05) is 5.32 Å². The molecule has 0 spiro atoms. The number of rotatable bonds is 3. The molecule has 3 nitrogen and oxygen atoms in total. The Hall–Kier alpha value is -2.02. The summed E-state index contributed by atoms with van der Waals surface area (Å²) in [5.74, 6) is -0.195. The summed E-state index contributed by atoms with van der Waals surface area (Å²) in [5, 5.41) is 12.1. The Balaban J connectivity index is 2.05. The fraction of sp³-hybridized carbons (Fsp3) is 0.0667. The zero-order valence-corrected chi connectivity index (χ0v) is 11.9. The normalized spacial score (nSPS) is 9.85. The second-order valence-electron chi connectivity index (χ2n) is 4.14. The lowest BCUT2D eigenvalue weighted by molar-refractivity contribution is -0.115. The topological polar surface area (TPSA) is 52.9 Å². The Labute approximate surface area is 126 Å². The second kappa shape index (κ2) is 6.42. The second-order valence-corrected chi connectivity index (χ2v) is 4.92. The average molecular weight is 305 g/mol. The van der Waals surface area contributed by atoms with Gasteiger partial charge in [0.1, 0.15) is 0 Å². The molecule has 0 aliphatic heterocycles. The van der Waals surface area contributed by atoms with Gasteiger partial charge in [-0.05, 0) is 29.8 Å².